The largest absolute Gasteiger partial charge is 0.385 e. The van der Waals surface area contributed by atoms with Gasteiger partial charge in [-0.2, -0.15) is 10.2 Å². The lowest BCUT2D eigenvalue weighted by Gasteiger charge is -2.61. The summed E-state index contributed by atoms with van der Waals surface area (Å²) in [5.74, 6) is 1.70. The molecule has 6 rings (SSSR count). The van der Waals surface area contributed by atoms with E-state index in [1.54, 1.807) is 12.4 Å². The van der Waals surface area contributed by atoms with Crippen LogP contribution in [0.4, 0.5) is 0 Å². The second kappa shape index (κ2) is 5.35. The van der Waals surface area contributed by atoms with Gasteiger partial charge in [0.2, 0.25) is 0 Å². The van der Waals surface area contributed by atoms with E-state index in [1.165, 1.54) is 19.3 Å². The van der Waals surface area contributed by atoms with Crippen LogP contribution >= 0.6 is 0 Å². The fourth-order valence-corrected chi connectivity index (χ4v) is 8.56. The van der Waals surface area contributed by atoms with Gasteiger partial charge in [-0.15, -0.1) is 0 Å². The Morgan fingerprint density at radius 3 is 2.61 bits per heavy atom. The van der Waals surface area contributed by atoms with E-state index in [1.807, 2.05) is 6.07 Å². The zero-order valence-corrected chi connectivity index (χ0v) is 17.0. The number of rotatable bonds is 1. The van der Waals surface area contributed by atoms with Crippen molar-refractivity contribution in [1.82, 2.24) is 10.2 Å². The molecule has 1 aromatic rings. The molecule has 2 N–H and O–H groups in total. The molecule has 152 valence electrons. The van der Waals surface area contributed by atoms with Gasteiger partial charge in [-0.05, 0) is 80.1 Å². The van der Waals surface area contributed by atoms with E-state index in [9.17, 15) is 10.2 Å². The first-order valence-electron chi connectivity index (χ1n) is 11.2. The number of aliphatic hydroxyl groups is 2. The van der Waals surface area contributed by atoms with Gasteiger partial charge < -0.3 is 14.9 Å². The van der Waals surface area contributed by atoms with Gasteiger partial charge in [0.05, 0.1) is 11.8 Å². The second-order valence-electron chi connectivity index (χ2n) is 11.0. The van der Waals surface area contributed by atoms with Crippen LogP contribution in [0, 0.1) is 34.5 Å². The van der Waals surface area contributed by atoms with Crippen molar-refractivity contribution in [2.24, 2.45) is 34.5 Å². The molecule has 4 aliphatic carbocycles. The molecule has 1 saturated heterocycles. The zero-order valence-electron chi connectivity index (χ0n) is 17.0. The maximum absolute atomic E-state index is 11.9. The molecule has 4 saturated carbocycles. The Hall–Kier alpha value is -1.04. The van der Waals surface area contributed by atoms with Gasteiger partial charge in [-0.1, -0.05) is 13.8 Å². The van der Waals surface area contributed by atoms with Crippen LogP contribution in [0.1, 0.15) is 70.8 Å². The minimum absolute atomic E-state index is 0.0595. The molecule has 1 aromatic heterocycles. The molecule has 5 heteroatoms. The van der Waals surface area contributed by atoms with Crippen molar-refractivity contribution < 1.29 is 14.9 Å². The van der Waals surface area contributed by atoms with E-state index in [0.717, 1.165) is 37.7 Å². The molecule has 0 radical (unpaired) electrons. The number of aromatic nitrogens is 2. The Balaban J connectivity index is 1.33. The first-order valence-corrected chi connectivity index (χ1v) is 11.2. The molecule has 0 aromatic carbocycles. The molecule has 1 aliphatic heterocycles. The summed E-state index contributed by atoms with van der Waals surface area (Å²) in [7, 11) is 0. The maximum Gasteiger partial charge on any atom is 0.193 e. The highest BCUT2D eigenvalue weighted by Gasteiger charge is 2.70. The first-order chi connectivity index (χ1) is 13.3. The van der Waals surface area contributed by atoms with Crippen molar-refractivity contribution in [1.29, 1.82) is 0 Å². The highest BCUT2D eigenvalue weighted by molar-refractivity contribution is 5.26. The van der Waals surface area contributed by atoms with Crippen LogP contribution in [-0.2, 0) is 10.3 Å². The molecule has 5 nitrogen and oxygen atoms in total. The van der Waals surface area contributed by atoms with Crippen molar-refractivity contribution in [3.05, 3.63) is 24.0 Å². The topological polar surface area (TPSA) is 78.8 Å². The predicted molar refractivity (Wildman–Crippen MR) is 103 cm³/mol. The summed E-state index contributed by atoms with van der Waals surface area (Å²) in [4.78, 5) is 0. The summed E-state index contributed by atoms with van der Waals surface area (Å²) in [6.07, 6.45) is 12.0. The number of hydrogen-bond acceptors (Lipinski definition) is 5. The van der Waals surface area contributed by atoms with Crippen LogP contribution in [0.5, 0.6) is 0 Å². The van der Waals surface area contributed by atoms with Gasteiger partial charge in [0.1, 0.15) is 6.10 Å². The summed E-state index contributed by atoms with van der Waals surface area (Å²) in [6, 6.07) is 1.96. The maximum atomic E-state index is 11.9. The van der Waals surface area contributed by atoms with Crippen LogP contribution in [0.25, 0.3) is 0 Å². The van der Waals surface area contributed by atoms with Gasteiger partial charge in [0.15, 0.2) is 5.79 Å². The molecule has 1 unspecified atom stereocenters. The van der Waals surface area contributed by atoms with Crippen molar-refractivity contribution in [2.45, 2.75) is 82.7 Å². The molecule has 28 heavy (non-hydrogen) atoms. The average molecular weight is 385 g/mol. The number of epoxide rings is 1. The van der Waals surface area contributed by atoms with E-state index in [-0.39, 0.29) is 16.9 Å². The lowest BCUT2D eigenvalue weighted by molar-refractivity contribution is -0.160. The summed E-state index contributed by atoms with van der Waals surface area (Å²) in [5.41, 5.74) is 0.338. The van der Waals surface area contributed by atoms with Crippen molar-refractivity contribution in [3.8, 4) is 0 Å². The number of ether oxygens (including phenoxy) is 1. The lowest BCUT2D eigenvalue weighted by Crippen LogP contribution is -2.56. The molecule has 5 fully saturated rings. The van der Waals surface area contributed by atoms with Gasteiger partial charge >= 0.3 is 0 Å². The third-order valence-electron chi connectivity index (χ3n) is 10.2. The number of fused-ring (bicyclic) bond motifs is 6. The Labute approximate surface area is 166 Å². The molecule has 0 bridgehead atoms. The number of nitrogens with zero attached hydrogens (tertiary/aromatic N) is 2. The van der Waals surface area contributed by atoms with E-state index < -0.39 is 11.4 Å². The highest BCUT2D eigenvalue weighted by atomic mass is 16.7. The molecule has 9 atom stereocenters. The van der Waals surface area contributed by atoms with Gasteiger partial charge in [-0.25, -0.2) is 0 Å². The first kappa shape index (κ1) is 17.8. The van der Waals surface area contributed by atoms with E-state index in [0.29, 0.717) is 23.7 Å². The average Bonchev–Trinajstić information content (AvgIpc) is 3.24. The summed E-state index contributed by atoms with van der Waals surface area (Å²) in [6.45, 7) is 4.81. The lowest BCUT2D eigenvalue weighted by atomic mass is 9.44. The Morgan fingerprint density at radius 2 is 1.82 bits per heavy atom. The van der Waals surface area contributed by atoms with Crippen LogP contribution in [0.15, 0.2) is 18.5 Å². The highest BCUT2D eigenvalue weighted by Crippen LogP contribution is 2.71. The SMILES string of the molecule is C[C@]12CC3O[C@@]3(O)C[C@H]1CC[C@@H]1[C@@H]2CC[C@@]2(C)[C@H]1CC[C@]2(O)c1ccnnc1. The fraction of sp³-hybridized carbons (Fsp3) is 0.826. The molecular weight excluding hydrogens is 352 g/mol. The molecule has 0 amide bonds. The monoisotopic (exact) mass is 384 g/mol. The molecule has 2 heterocycles. The second-order valence-corrected chi connectivity index (χ2v) is 11.0. The summed E-state index contributed by atoms with van der Waals surface area (Å²) >= 11 is 0. The van der Waals surface area contributed by atoms with Crippen LogP contribution in [0.2, 0.25) is 0 Å². The zero-order chi connectivity index (χ0) is 19.4. The smallest absolute Gasteiger partial charge is 0.193 e. The van der Waals surface area contributed by atoms with Crippen LogP contribution in [0.3, 0.4) is 0 Å². The third-order valence-corrected chi connectivity index (χ3v) is 10.2. The van der Waals surface area contributed by atoms with E-state index in [2.05, 4.69) is 24.0 Å². The third kappa shape index (κ3) is 2.03. The normalized spacial score (nSPS) is 56.9. The van der Waals surface area contributed by atoms with Crippen LogP contribution in [-0.4, -0.2) is 32.3 Å². The quantitative estimate of drug-likeness (QED) is 0.726. The fourth-order valence-electron chi connectivity index (χ4n) is 8.56. The Kier molecular flexibility index (Phi) is 3.40. The van der Waals surface area contributed by atoms with E-state index in [4.69, 9.17) is 4.74 Å². The molecule has 0 spiro atoms. The van der Waals surface area contributed by atoms with Crippen molar-refractivity contribution in [3.63, 3.8) is 0 Å². The molecule has 5 aliphatic rings. The minimum Gasteiger partial charge on any atom is -0.385 e. The van der Waals surface area contributed by atoms with Gasteiger partial charge in [-0.3, -0.25) is 0 Å². The van der Waals surface area contributed by atoms with Crippen LogP contribution < -0.4 is 0 Å². The standard InChI is InChI=1S/C23H32N2O3/c1-20-12-19-23(27,28-19)11-14(20)3-4-16-17(20)5-8-21(2)18(16)6-9-22(21,26)15-7-10-24-25-13-15/h7,10,13-14,16-19,26-27H,3-6,8-9,11-12H2,1-2H3/t14-,16-,17+,18+,19?,20+,21+,22+,23+/m1/s1. The summed E-state index contributed by atoms with van der Waals surface area (Å²) in [5, 5.41) is 30.4. The van der Waals surface area contributed by atoms with Gasteiger partial charge in [0, 0.05) is 23.6 Å². The van der Waals surface area contributed by atoms with Gasteiger partial charge in [0.25, 0.3) is 0 Å². The Morgan fingerprint density at radius 1 is 1.00 bits per heavy atom. The molecular formula is C23H32N2O3. The predicted octanol–water partition coefficient (Wildman–Crippen LogP) is 3.40. The number of hydrogen-bond donors (Lipinski definition) is 2. The summed E-state index contributed by atoms with van der Waals surface area (Å²) < 4.78 is 5.70. The van der Waals surface area contributed by atoms with E-state index >= 15 is 0 Å². The minimum atomic E-state index is -0.803. The Bertz CT molecular complexity index is 804. The van der Waals surface area contributed by atoms with Crippen molar-refractivity contribution in [2.75, 3.05) is 0 Å². The van der Waals surface area contributed by atoms with Crippen molar-refractivity contribution >= 4 is 0 Å².